The van der Waals surface area contributed by atoms with Crippen LogP contribution in [0.5, 0.6) is 0 Å². The molecule has 0 spiro atoms. The van der Waals surface area contributed by atoms with Crippen molar-refractivity contribution in [3.05, 3.63) is 54.0 Å². The van der Waals surface area contributed by atoms with Gasteiger partial charge in [-0.3, -0.25) is 0 Å². The molecule has 2 rings (SSSR count). The Morgan fingerprint density at radius 2 is 2.18 bits per heavy atom. The smallest absolute Gasteiger partial charge is 0.335 e. The van der Waals surface area contributed by atoms with E-state index in [0.717, 1.165) is 17.9 Å². The molecule has 0 fully saturated rings. The van der Waals surface area contributed by atoms with Gasteiger partial charge in [-0.2, -0.15) is 0 Å². The molecule has 1 aromatic carbocycles. The largest absolute Gasteiger partial charge is 0.478 e. The average molecular weight is 231 g/mol. The minimum absolute atomic E-state index is 0.285. The standard InChI is InChI=1S/C13H13NO3/c15-13(16)10-3-1-4-11(9-10)14-7-6-12-5-2-8-17-12/h1-5,8-9,14H,6-7H2,(H,15,16). The van der Waals surface area contributed by atoms with Gasteiger partial charge in [-0.1, -0.05) is 6.07 Å². The van der Waals surface area contributed by atoms with Gasteiger partial charge in [0.15, 0.2) is 0 Å². The Balaban J connectivity index is 1.90. The maximum atomic E-state index is 10.8. The first-order chi connectivity index (χ1) is 8.25. The summed E-state index contributed by atoms with van der Waals surface area (Å²) < 4.78 is 5.20. The molecular weight excluding hydrogens is 218 g/mol. The summed E-state index contributed by atoms with van der Waals surface area (Å²) in [5.74, 6) is -0.00780. The van der Waals surface area contributed by atoms with Crippen molar-refractivity contribution in [1.82, 2.24) is 0 Å². The van der Waals surface area contributed by atoms with Crippen LogP contribution in [0.3, 0.4) is 0 Å². The number of aromatic carboxylic acids is 1. The SMILES string of the molecule is O=C(O)c1cccc(NCCc2ccco2)c1. The van der Waals surface area contributed by atoms with Crippen molar-refractivity contribution >= 4 is 11.7 Å². The van der Waals surface area contributed by atoms with Gasteiger partial charge in [-0.25, -0.2) is 4.79 Å². The highest BCUT2D eigenvalue weighted by molar-refractivity contribution is 5.88. The van der Waals surface area contributed by atoms with E-state index in [-0.39, 0.29) is 5.56 Å². The van der Waals surface area contributed by atoms with Crippen LogP contribution in [-0.4, -0.2) is 17.6 Å². The third-order valence-electron chi connectivity index (χ3n) is 2.39. The molecule has 1 aromatic heterocycles. The Morgan fingerprint density at radius 1 is 1.29 bits per heavy atom. The first-order valence-corrected chi connectivity index (χ1v) is 5.35. The number of carboxylic acid groups (broad SMARTS) is 1. The molecule has 4 nitrogen and oxygen atoms in total. The summed E-state index contributed by atoms with van der Waals surface area (Å²) in [6.07, 6.45) is 2.41. The minimum atomic E-state index is -0.917. The van der Waals surface area contributed by atoms with E-state index < -0.39 is 5.97 Å². The Morgan fingerprint density at radius 3 is 2.88 bits per heavy atom. The highest BCUT2D eigenvalue weighted by Crippen LogP contribution is 2.11. The van der Waals surface area contributed by atoms with E-state index in [1.807, 2.05) is 18.2 Å². The molecule has 0 aliphatic rings. The van der Waals surface area contributed by atoms with Crippen LogP contribution in [0.4, 0.5) is 5.69 Å². The zero-order chi connectivity index (χ0) is 12.1. The number of anilines is 1. The first kappa shape index (κ1) is 11.3. The summed E-state index contributed by atoms with van der Waals surface area (Å²) in [5, 5.41) is 12.0. The number of furan rings is 1. The number of hydrogen-bond donors (Lipinski definition) is 2. The Bertz CT molecular complexity index is 491. The highest BCUT2D eigenvalue weighted by Gasteiger charge is 2.02. The second-order valence-corrected chi connectivity index (χ2v) is 3.64. The molecule has 88 valence electrons. The lowest BCUT2D eigenvalue weighted by atomic mass is 10.2. The summed E-state index contributed by atoms with van der Waals surface area (Å²) >= 11 is 0. The summed E-state index contributed by atoms with van der Waals surface area (Å²) in [7, 11) is 0. The number of nitrogens with one attached hydrogen (secondary N) is 1. The van der Waals surface area contributed by atoms with Crippen LogP contribution in [0, 0.1) is 0 Å². The fraction of sp³-hybridized carbons (Fsp3) is 0.154. The maximum absolute atomic E-state index is 10.8. The molecular formula is C13H13NO3. The van der Waals surface area contributed by atoms with Crippen LogP contribution in [0.1, 0.15) is 16.1 Å². The maximum Gasteiger partial charge on any atom is 0.335 e. The molecule has 0 aliphatic carbocycles. The van der Waals surface area contributed by atoms with E-state index in [1.165, 1.54) is 0 Å². The molecule has 0 atom stereocenters. The quantitative estimate of drug-likeness (QED) is 0.830. The number of carboxylic acids is 1. The molecule has 2 N–H and O–H groups in total. The lowest BCUT2D eigenvalue weighted by Crippen LogP contribution is -2.05. The van der Waals surface area contributed by atoms with Crippen LogP contribution < -0.4 is 5.32 Å². The predicted octanol–water partition coefficient (Wildman–Crippen LogP) is 2.63. The fourth-order valence-electron chi connectivity index (χ4n) is 1.55. The molecule has 0 saturated heterocycles. The summed E-state index contributed by atoms with van der Waals surface area (Å²) in [4.78, 5) is 10.8. The number of carbonyl (C=O) groups is 1. The van der Waals surface area contributed by atoms with Gasteiger partial charge in [-0.05, 0) is 30.3 Å². The molecule has 0 radical (unpaired) electrons. The van der Waals surface area contributed by atoms with Gasteiger partial charge in [0.05, 0.1) is 11.8 Å². The third-order valence-corrected chi connectivity index (χ3v) is 2.39. The van der Waals surface area contributed by atoms with Crippen LogP contribution in [0.25, 0.3) is 0 Å². The van der Waals surface area contributed by atoms with Crippen molar-refractivity contribution in [2.45, 2.75) is 6.42 Å². The third kappa shape index (κ3) is 3.11. The van der Waals surface area contributed by atoms with E-state index in [1.54, 1.807) is 24.5 Å². The zero-order valence-corrected chi connectivity index (χ0v) is 9.22. The van der Waals surface area contributed by atoms with Crippen molar-refractivity contribution in [1.29, 1.82) is 0 Å². The van der Waals surface area contributed by atoms with Crippen LogP contribution >= 0.6 is 0 Å². The molecule has 0 unspecified atom stereocenters. The second kappa shape index (κ2) is 5.21. The van der Waals surface area contributed by atoms with Gasteiger partial charge < -0.3 is 14.8 Å². The molecule has 17 heavy (non-hydrogen) atoms. The van der Waals surface area contributed by atoms with Gasteiger partial charge in [0.25, 0.3) is 0 Å². The van der Waals surface area contributed by atoms with Crippen LogP contribution in [-0.2, 0) is 6.42 Å². The van der Waals surface area contributed by atoms with Gasteiger partial charge in [0.2, 0.25) is 0 Å². The molecule has 4 heteroatoms. The molecule has 2 aromatic rings. The number of rotatable bonds is 5. The monoisotopic (exact) mass is 231 g/mol. The average Bonchev–Trinajstić information content (AvgIpc) is 2.82. The normalized spacial score (nSPS) is 10.1. The Labute approximate surface area is 98.9 Å². The van der Waals surface area contributed by atoms with Crippen molar-refractivity contribution < 1.29 is 14.3 Å². The summed E-state index contributed by atoms with van der Waals surface area (Å²) in [6.45, 7) is 0.705. The number of benzene rings is 1. The lowest BCUT2D eigenvalue weighted by molar-refractivity contribution is 0.0697. The van der Waals surface area contributed by atoms with E-state index in [4.69, 9.17) is 9.52 Å². The van der Waals surface area contributed by atoms with Crippen molar-refractivity contribution in [3.8, 4) is 0 Å². The fourth-order valence-corrected chi connectivity index (χ4v) is 1.55. The van der Waals surface area contributed by atoms with Crippen molar-refractivity contribution in [2.75, 3.05) is 11.9 Å². The predicted molar refractivity (Wildman–Crippen MR) is 64.3 cm³/mol. The van der Waals surface area contributed by atoms with Crippen molar-refractivity contribution in [2.24, 2.45) is 0 Å². The molecule has 0 amide bonds. The Kier molecular flexibility index (Phi) is 3.45. The highest BCUT2D eigenvalue weighted by atomic mass is 16.4. The van der Waals surface area contributed by atoms with Gasteiger partial charge in [0, 0.05) is 18.7 Å². The summed E-state index contributed by atoms with van der Waals surface area (Å²) in [5.41, 5.74) is 1.09. The molecule has 0 saturated carbocycles. The van der Waals surface area contributed by atoms with E-state index in [9.17, 15) is 4.79 Å². The first-order valence-electron chi connectivity index (χ1n) is 5.35. The molecule has 0 bridgehead atoms. The van der Waals surface area contributed by atoms with Crippen molar-refractivity contribution in [3.63, 3.8) is 0 Å². The number of hydrogen-bond acceptors (Lipinski definition) is 3. The second-order valence-electron chi connectivity index (χ2n) is 3.64. The van der Waals surface area contributed by atoms with E-state index in [0.29, 0.717) is 6.54 Å². The van der Waals surface area contributed by atoms with Crippen LogP contribution in [0.15, 0.2) is 47.1 Å². The lowest BCUT2D eigenvalue weighted by Gasteiger charge is -2.05. The molecule has 0 aliphatic heterocycles. The minimum Gasteiger partial charge on any atom is -0.478 e. The summed E-state index contributed by atoms with van der Waals surface area (Å²) in [6, 6.07) is 10.5. The molecule has 1 heterocycles. The van der Waals surface area contributed by atoms with E-state index >= 15 is 0 Å². The van der Waals surface area contributed by atoms with E-state index in [2.05, 4.69) is 5.32 Å². The van der Waals surface area contributed by atoms with Crippen LogP contribution in [0.2, 0.25) is 0 Å². The van der Waals surface area contributed by atoms with Gasteiger partial charge in [0.1, 0.15) is 5.76 Å². The van der Waals surface area contributed by atoms with Gasteiger partial charge >= 0.3 is 5.97 Å². The Hall–Kier alpha value is -2.23. The van der Waals surface area contributed by atoms with Gasteiger partial charge in [-0.15, -0.1) is 0 Å². The topological polar surface area (TPSA) is 62.5 Å². The zero-order valence-electron chi connectivity index (χ0n) is 9.22.